The fraction of sp³-hybridized carbons (Fsp3) is 0.238. The molecule has 28 heavy (non-hydrogen) atoms. The molecule has 142 valence electrons. The van der Waals surface area contributed by atoms with E-state index < -0.39 is 0 Å². The number of aldehydes is 1. The number of hydrogen-bond acceptors (Lipinski definition) is 6. The number of amidine groups is 1. The Labute approximate surface area is 167 Å². The van der Waals surface area contributed by atoms with Crippen LogP contribution in [-0.2, 0) is 4.79 Å². The number of thioether (sulfide) groups is 1. The van der Waals surface area contributed by atoms with Crippen LogP contribution in [0, 0.1) is 0 Å². The van der Waals surface area contributed by atoms with E-state index in [-0.39, 0.29) is 6.10 Å². The fourth-order valence-electron chi connectivity index (χ4n) is 2.98. The van der Waals surface area contributed by atoms with E-state index in [4.69, 9.17) is 9.73 Å². The number of fused-ring (bicyclic) bond motifs is 1. The Morgan fingerprint density at radius 3 is 2.93 bits per heavy atom. The number of carbonyl (C=O) groups is 1. The van der Waals surface area contributed by atoms with E-state index in [0.29, 0.717) is 23.8 Å². The van der Waals surface area contributed by atoms with Gasteiger partial charge in [-0.05, 0) is 49.8 Å². The summed E-state index contributed by atoms with van der Waals surface area (Å²) >= 11 is 1.51. The molecular weight excluding hydrogens is 372 g/mol. The third kappa shape index (κ3) is 3.84. The second-order valence-corrected chi connectivity index (χ2v) is 7.73. The number of hydrogen-bond donors (Lipinski definition) is 1. The Morgan fingerprint density at radius 1 is 1.29 bits per heavy atom. The molecule has 1 aromatic heterocycles. The average Bonchev–Trinajstić information content (AvgIpc) is 2.96. The number of ether oxygens (including phenoxy) is 1. The molecule has 6 nitrogen and oxygen atoms in total. The molecule has 0 spiro atoms. The van der Waals surface area contributed by atoms with Gasteiger partial charge in [-0.1, -0.05) is 12.2 Å². The second-order valence-electron chi connectivity index (χ2n) is 6.68. The van der Waals surface area contributed by atoms with E-state index in [9.17, 15) is 4.79 Å². The van der Waals surface area contributed by atoms with Gasteiger partial charge in [0.15, 0.2) is 12.1 Å². The number of H-pyrrole nitrogens is 1. The van der Waals surface area contributed by atoms with Gasteiger partial charge in [-0.3, -0.25) is 14.9 Å². The minimum absolute atomic E-state index is 0.0943. The van der Waals surface area contributed by atoms with Crippen LogP contribution in [0.3, 0.4) is 0 Å². The van der Waals surface area contributed by atoms with E-state index >= 15 is 0 Å². The van der Waals surface area contributed by atoms with Gasteiger partial charge in [0.05, 0.1) is 23.9 Å². The van der Waals surface area contributed by atoms with Crippen molar-refractivity contribution in [2.45, 2.75) is 20.0 Å². The van der Waals surface area contributed by atoms with E-state index in [1.807, 2.05) is 56.4 Å². The molecule has 2 aliphatic heterocycles. The number of aliphatic imine (C=N–C) groups is 2. The van der Waals surface area contributed by atoms with Crippen LogP contribution in [0.5, 0.6) is 5.75 Å². The standard InChI is InChI=1S/C21H20N4O2S/c1-13(2)27-15-6-8-19-17(10-15)20(25-24-19)21-22-9-3-4-18(23-21)14-5-7-16(11-26)28-12-14/h3-8,10-11,13H,9,12H2,1-2H3,(H,24,25). The number of nitrogens with zero attached hydrogens (tertiary/aromatic N) is 3. The molecule has 7 heteroatoms. The minimum Gasteiger partial charge on any atom is -0.491 e. The number of aromatic nitrogens is 2. The third-order valence-corrected chi connectivity index (χ3v) is 5.28. The molecule has 0 fully saturated rings. The van der Waals surface area contributed by atoms with E-state index in [1.165, 1.54) is 11.8 Å². The highest BCUT2D eigenvalue weighted by molar-refractivity contribution is 8.04. The maximum Gasteiger partial charge on any atom is 0.176 e. The first-order valence-electron chi connectivity index (χ1n) is 9.08. The van der Waals surface area contributed by atoms with Crippen molar-refractivity contribution in [2.75, 3.05) is 12.3 Å². The molecule has 4 rings (SSSR count). The maximum absolute atomic E-state index is 10.9. The first-order chi connectivity index (χ1) is 13.6. The summed E-state index contributed by atoms with van der Waals surface area (Å²) in [5.74, 6) is 2.08. The summed E-state index contributed by atoms with van der Waals surface area (Å²) in [6.07, 6.45) is 8.71. The van der Waals surface area contributed by atoms with Crippen molar-refractivity contribution >= 4 is 40.5 Å². The van der Waals surface area contributed by atoms with E-state index in [1.54, 1.807) is 0 Å². The van der Waals surface area contributed by atoms with Crippen molar-refractivity contribution in [3.63, 3.8) is 0 Å². The van der Waals surface area contributed by atoms with Crippen LogP contribution in [-0.4, -0.2) is 46.4 Å². The number of benzene rings is 1. The quantitative estimate of drug-likeness (QED) is 0.784. The predicted molar refractivity (Wildman–Crippen MR) is 115 cm³/mol. The molecule has 1 N–H and O–H groups in total. The predicted octanol–water partition coefficient (Wildman–Crippen LogP) is 3.86. The SMILES string of the molecule is CC(C)Oc1ccc2[nH]nc(C3=NCC=CC(C4=CC=C(C=O)SC4)=N3)c2c1. The first kappa shape index (κ1) is 18.4. The van der Waals surface area contributed by atoms with Crippen LogP contribution in [0.2, 0.25) is 0 Å². The molecule has 0 unspecified atom stereocenters. The van der Waals surface area contributed by atoms with Crippen molar-refractivity contribution in [1.82, 2.24) is 10.2 Å². The number of aromatic amines is 1. The summed E-state index contributed by atoms with van der Waals surface area (Å²) in [6.45, 7) is 4.53. The van der Waals surface area contributed by atoms with Gasteiger partial charge in [-0.25, -0.2) is 4.99 Å². The zero-order chi connectivity index (χ0) is 19.5. The van der Waals surface area contributed by atoms with Crippen molar-refractivity contribution in [3.05, 3.63) is 58.7 Å². The minimum atomic E-state index is 0.0943. The lowest BCUT2D eigenvalue weighted by molar-refractivity contribution is -0.104. The van der Waals surface area contributed by atoms with Crippen molar-refractivity contribution in [3.8, 4) is 5.75 Å². The van der Waals surface area contributed by atoms with Crippen LogP contribution >= 0.6 is 11.8 Å². The van der Waals surface area contributed by atoms with Gasteiger partial charge in [0, 0.05) is 16.0 Å². The number of allylic oxidation sites excluding steroid dienone is 4. The second kappa shape index (κ2) is 7.98. The summed E-state index contributed by atoms with van der Waals surface area (Å²) in [6, 6.07) is 5.85. The van der Waals surface area contributed by atoms with Crippen LogP contribution < -0.4 is 4.74 Å². The van der Waals surface area contributed by atoms with E-state index in [0.717, 1.165) is 39.1 Å². The zero-order valence-corrected chi connectivity index (χ0v) is 16.5. The van der Waals surface area contributed by atoms with Gasteiger partial charge in [0.2, 0.25) is 0 Å². The number of nitrogens with one attached hydrogen (secondary N) is 1. The number of carbonyl (C=O) groups excluding carboxylic acids is 1. The van der Waals surface area contributed by atoms with Crippen molar-refractivity contribution in [2.24, 2.45) is 9.98 Å². The van der Waals surface area contributed by atoms with Gasteiger partial charge in [-0.2, -0.15) is 5.10 Å². The van der Waals surface area contributed by atoms with Crippen LogP contribution in [0.15, 0.2) is 63.0 Å². The van der Waals surface area contributed by atoms with Crippen molar-refractivity contribution < 1.29 is 9.53 Å². The average molecular weight is 392 g/mol. The van der Waals surface area contributed by atoms with E-state index in [2.05, 4.69) is 15.2 Å². The van der Waals surface area contributed by atoms with Gasteiger partial charge in [0.1, 0.15) is 11.4 Å². The monoisotopic (exact) mass is 392 g/mol. The van der Waals surface area contributed by atoms with Gasteiger partial charge in [-0.15, -0.1) is 11.8 Å². The van der Waals surface area contributed by atoms with Gasteiger partial charge >= 0.3 is 0 Å². The molecular formula is C21H20N4O2S. The molecule has 0 radical (unpaired) electrons. The molecule has 0 atom stereocenters. The zero-order valence-electron chi connectivity index (χ0n) is 15.7. The summed E-state index contributed by atoms with van der Waals surface area (Å²) < 4.78 is 5.82. The lowest BCUT2D eigenvalue weighted by Gasteiger charge is -2.11. The largest absolute Gasteiger partial charge is 0.491 e. The molecule has 3 heterocycles. The molecule has 1 aromatic carbocycles. The summed E-state index contributed by atoms with van der Waals surface area (Å²) in [5.41, 5.74) is 3.52. The first-order valence-corrected chi connectivity index (χ1v) is 10.1. The van der Waals surface area contributed by atoms with Gasteiger partial charge in [0.25, 0.3) is 0 Å². The summed E-state index contributed by atoms with van der Waals surface area (Å²) in [5, 5.41) is 8.44. The Kier molecular flexibility index (Phi) is 5.25. The van der Waals surface area contributed by atoms with Crippen molar-refractivity contribution in [1.29, 1.82) is 0 Å². The Balaban J connectivity index is 1.72. The third-order valence-electron chi connectivity index (χ3n) is 4.25. The fourth-order valence-corrected chi connectivity index (χ4v) is 3.78. The molecule has 0 aliphatic carbocycles. The molecule has 0 amide bonds. The highest BCUT2D eigenvalue weighted by atomic mass is 32.2. The normalized spacial score (nSPS) is 17.0. The number of rotatable bonds is 5. The molecule has 2 aliphatic rings. The maximum atomic E-state index is 10.9. The van der Waals surface area contributed by atoms with Crippen LogP contribution in [0.4, 0.5) is 0 Å². The Bertz CT molecular complexity index is 1070. The highest BCUT2D eigenvalue weighted by Crippen LogP contribution is 2.26. The lowest BCUT2D eigenvalue weighted by Crippen LogP contribution is -2.09. The topological polar surface area (TPSA) is 79.7 Å². The Morgan fingerprint density at radius 2 is 2.18 bits per heavy atom. The summed E-state index contributed by atoms with van der Waals surface area (Å²) in [4.78, 5) is 21.0. The highest BCUT2D eigenvalue weighted by Gasteiger charge is 2.17. The molecule has 0 bridgehead atoms. The van der Waals surface area contributed by atoms with Gasteiger partial charge < -0.3 is 4.74 Å². The lowest BCUT2D eigenvalue weighted by atomic mass is 10.1. The molecule has 2 aromatic rings. The van der Waals surface area contributed by atoms with Crippen LogP contribution in [0.25, 0.3) is 10.9 Å². The van der Waals surface area contributed by atoms with Crippen LogP contribution in [0.1, 0.15) is 19.5 Å². The summed E-state index contributed by atoms with van der Waals surface area (Å²) in [7, 11) is 0. The molecule has 0 saturated heterocycles. The molecule has 0 saturated carbocycles. The smallest absolute Gasteiger partial charge is 0.176 e. The Hall–Kier alpha value is -2.93.